The molecule has 3 aromatic heterocycles. The van der Waals surface area contributed by atoms with Gasteiger partial charge in [-0.2, -0.15) is 13.2 Å². The molecule has 1 fully saturated rings. The molecule has 1 atom stereocenters. The van der Waals surface area contributed by atoms with Crippen LogP contribution in [0.4, 0.5) is 29.1 Å². The summed E-state index contributed by atoms with van der Waals surface area (Å²) in [7, 11) is 0. The molecule has 1 unspecified atom stereocenters. The quantitative estimate of drug-likeness (QED) is 0.691. The number of rotatable bonds is 3. The average Bonchev–Trinajstić information content (AvgIpc) is 3.28. The van der Waals surface area contributed by atoms with E-state index >= 15 is 0 Å². The molecule has 1 aliphatic rings. The Balaban J connectivity index is 1.66. The van der Waals surface area contributed by atoms with Gasteiger partial charge in [0, 0.05) is 12.6 Å². The zero-order valence-electron chi connectivity index (χ0n) is 14.3. The van der Waals surface area contributed by atoms with Gasteiger partial charge in [0.2, 0.25) is 0 Å². The second kappa shape index (κ2) is 6.73. The summed E-state index contributed by atoms with van der Waals surface area (Å²) < 4.78 is 54.1. The van der Waals surface area contributed by atoms with Crippen molar-refractivity contribution in [3.63, 3.8) is 0 Å². The molecule has 3 aromatic rings. The zero-order chi connectivity index (χ0) is 19.9. The largest absolute Gasteiger partial charge is 0.408 e. The lowest BCUT2D eigenvalue weighted by Crippen LogP contribution is -2.41. The molecule has 1 aliphatic heterocycles. The minimum atomic E-state index is -4.37. The predicted octanol–water partition coefficient (Wildman–Crippen LogP) is 3.05. The van der Waals surface area contributed by atoms with Crippen molar-refractivity contribution in [2.24, 2.45) is 0 Å². The van der Waals surface area contributed by atoms with Gasteiger partial charge in [-0.1, -0.05) is 0 Å². The van der Waals surface area contributed by atoms with Crippen molar-refractivity contribution in [3.05, 3.63) is 48.3 Å². The number of nitrogens with one attached hydrogen (secondary N) is 1. The number of hydrogen-bond acceptors (Lipinski definition) is 5. The first-order valence-corrected chi connectivity index (χ1v) is 8.43. The molecule has 0 spiro atoms. The Bertz CT molecular complexity index is 1030. The van der Waals surface area contributed by atoms with E-state index in [0.29, 0.717) is 12.1 Å². The minimum Gasteiger partial charge on any atom is -0.343 e. The number of carbonyl (C=O) groups excluding carboxylic acids is 1. The first-order chi connectivity index (χ1) is 13.3. The molecule has 1 saturated heterocycles. The van der Waals surface area contributed by atoms with Crippen LogP contribution in [-0.4, -0.2) is 44.3 Å². The van der Waals surface area contributed by atoms with Crippen LogP contribution >= 0.6 is 0 Å². The average molecular weight is 394 g/mol. The van der Waals surface area contributed by atoms with Crippen LogP contribution in [0, 0.1) is 5.82 Å². The van der Waals surface area contributed by atoms with E-state index in [-0.39, 0.29) is 30.2 Å². The first kappa shape index (κ1) is 18.1. The molecule has 1 amide bonds. The highest BCUT2D eigenvalue weighted by atomic mass is 19.4. The van der Waals surface area contributed by atoms with Gasteiger partial charge in [0.25, 0.3) is 5.91 Å². The number of hydrogen-bond donors (Lipinski definition) is 1. The Kier molecular flexibility index (Phi) is 4.36. The molecule has 0 bridgehead atoms. The van der Waals surface area contributed by atoms with Gasteiger partial charge in [-0.3, -0.25) is 9.78 Å². The van der Waals surface area contributed by atoms with Gasteiger partial charge >= 0.3 is 6.18 Å². The molecule has 7 nitrogen and oxygen atoms in total. The summed E-state index contributed by atoms with van der Waals surface area (Å²) in [5, 5.41) is 6.65. The molecule has 0 saturated carbocycles. The fraction of sp³-hybridized carbons (Fsp3) is 0.294. The Morgan fingerprint density at radius 3 is 2.79 bits per heavy atom. The van der Waals surface area contributed by atoms with E-state index in [9.17, 15) is 22.4 Å². The topological polar surface area (TPSA) is 75.4 Å². The maximum Gasteiger partial charge on any atom is 0.408 e. The van der Waals surface area contributed by atoms with Gasteiger partial charge in [0.15, 0.2) is 11.3 Å². The standard InChI is InChI=1S/C17H14F4N6O/c18-10-6-11(8-22-7-10)24-16(28)12-9-23-14-3-4-15(25-27(12)14)26-5-1-2-13(26)17(19,20)21/h3-4,6-9,13H,1-2,5H2,(H,24,28). The van der Waals surface area contributed by atoms with Crippen molar-refractivity contribution >= 4 is 23.1 Å². The Morgan fingerprint density at radius 2 is 2.04 bits per heavy atom. The van der Waals surface area contributed by atoms with Gasteiger partial charge in [0.1, 0.15) is 17.7 Å². The molecular formula is C17H14F4N6O. The van der Waals surface area contributed by atoms with Crippen molar-refractivity contribution in [2.45, 2.75) is 25.1 Å². The molecule has 146 valence electrons. The monoisotopic (exact) mass is 394 g/mol. The third-order valence-corrected chi connectivity index (χ3v) is 4.47. The van der Waals surface area contributed by atoms with Crippen LogP contribution in [0.1, 0.15) is 23.3 Å². The molecular weight excluding hydrogens is 380 g/mol. The van der Waals surface area contributed by atoms with Crippen molar-refractivity contribution in [3.8, 4) is 0 Å². The molecule has 0 aromatic carbocycles. The summed E-state index contributed by atoms with van der Waals surface area (Å²) in [6.45, 7) is 0.216. The summed E-state index contributed by atoms with van der Waals surface area (Å²) >= 11 is 0. The van der Waals surface area contributed by atoms with E-state index in [4.69, 9.17) is 0 Å². The van der Waals surface area contributed by atoms with Crippen LogP contribution in [0.2, 0.25) is 0 Å². The highest BCUT2D eigenvalue weighted by Crippen LogP contribution is 2.35. The second-order valence-electron chi connectivity index (χ2n) is 6.34. The molecule has 1 N–H and O–H groups in total. The number of amides is 1. The summed E-state index contributed by atoms with van der Waals surface area (Å²) in [6, 6.07) is 2.42. The number of pyridine rings is 1. The number of anilines is 2. The molecule has 4 rings (SSSR count). The smallest absolute Gasteiger partial charge is 0.343 e. The fourth-order valence-electron chi connectivity index (χ4n) is 3.23. The van der Waals surface area contributed by atoms with Crippen molar-refractivity contribution in [1.29, 1.82) is 0 Å². The number of aromatic nitrogens is 4. The van der Waals surface area contributed by atoms with E-state index in [0.717, 1.165) is 12.3 Å². The molecule has 0 aliphatic carbocycles. The molecule has 11 heteroatoms. The van der Waals surface area contributed by atoms with Crippen molar-refractivity contribution in [2.75, 3.05) is 16.8 Å². The normalized spacial score (nSPS) is 17.3. The van der Waals surface area contributed by atoms with Gasteiger partial charge in [0.05, 0.1) is 24.3 Å². The summed E-state index contributed by atoms with van der Waals surface area (Å²) in [4.78, 5) is 21.4. The SMILES string of the molecule is O=C(Nc1cncc(F)c1)c1cnc2ccc(N3CCCC3C(F)(F)F)nn12. The molecule has 4 heterocycles. The number of halogens is 4. The summed E-state index contributed by atoms with van der Waals surface area (Å²) in [6.07, 6.45) is -0.473. The number of nitrogens with zero attached hydrogens (tertiary/aromatic N) is 5. The van der Waals surface area contributed by atoms with Crippen molar-refractivity contribution < 1.29 is 22.4 Å². The van der Waals surface area contributed by atoms with E-state index in [1.54, 1.807) is 0 Å². The first-order valence-electron chi connectivity index (χ1n) is 8.43. The van der Waals surface area contributed by atoms with Crippen LogP contribution < -0.4 is 10.2 Å². The lowest BCUT2D eigenvalue weighted by Gasteiger charge is -2.27. The summed E-state index contributed by atoms with van der Waals surface area (Å²) in [5.74, 6) is -1.16. The molecule has 0 radical (unpaired) electrons. The van der Waals surface area contributed by atoms with Gasteiger partial charge in [-0.05, 0) is 25.0 Å². The van der Waals surface area contributed by atoms with E-state index in [1.807, 2.05) is 0 Å². The maximum absolute atomic E-state index is 13.2. The van der Waals surface area contributed by atoms with Crippen LogP contribution in [0.5, 0.6) is 0 Å². The van der Waals surface area contributed by atoms with E-state index in [1.165, 1.54) is 33.9 Å². The summed E-state index contributed by atoms with van der Waals surface area (Å²) in [5.41, 5.74) is 0.436. The Hall–Kier alpha value is -3.24. The van der Waals surface area contributed by atoms with Crippen LogP contribution in [0.25, 0.3) is 5.65 Å². The maximum atomic E-state index is 13.2. The number of carbonyl (C=O) groups is 1. The Labute approximate surface area is 156 Å². The lowest BCUT2D eigenvalue weighted by molar-refractivity contribution is -0.146. The number of imidazole rings is 1. The highest BCUT2D eigenvalue weighted by molar-refractivity contribution is 6.03. The highest BCUT2D eigenvalue weighted by Gasteiger charge is 2.46. The van der Waals surface area contributed by atoms with Gasteiger partial charge in [-0.15, -0.1) is 5.10 Å². The Morgan fingerprint density at radius 1 is 1.21 bits per heavy atom. The van der Waals surface area contributed by atoms with Crippen molar-refractivity contribution in [1.82, 2.24) is 19.6 Å². The number of alkyl halides is 3. The third kappa shape index (κ3) is 3.35. The van der Waals surface area contributed by atoms with Crippen LogP contribution in [-0.2, 0) is 0 Å². The fourth-order valence-corrected chi connectivity index (χ4v) is 3.23. The second-order valence-corrected chi connectivity index (χ2v) is 6.34. The van der Waals surface area contributed by atoms with Gasteiger partial charge < -0.3 is 10.2 Å². The van der Waals surface area contributed by atoms with Crippen LogP contribution in [0.3, 0.4) is 0 Å². The minimum absolute atomic E-state index is 0.00358. The van der Waals surface area contributed by atoms with Gasteiger partial charge in [-0.25, -0.2) is 13.9 Å². The van der Waals surface area contributed by atoms with E-state index in [2.05, 4.69) is 20.4 Å². The predicted molar refractivity (Wildman–Crippen MR) is 91.6 cm³/mol. The van der Waals surface area contributed by atoms with E-state index < -0.39 is 23.9 Å². The zero-order valence-corrected chi connectivity index (χ0v) is 14.3. The number of fused-ring (bicyclic) bond motifs is 1. The van der Waals surface area contributed by atoms with Crippen LogP contribution in [0.15, 0.2) is 36.8 Å². The third-order valence-electron chi connectivity index (χ3n) is 4.47. The lowest BCUT2D eigenvalue weighted by atomic mass is 10.2. The molecule has 28 heavy (non-hydrogen) atoms.